The summed E-state index contributed by atoms with van der Waals surface area (Å²) < 4.78 is 46.2. The molecule has 0 bridgehead atoms. The quantitative estimate of drug-likeness (QED) is 0.846. The Labute approximate surface area is 158 Å². The monoisotopic (exact) mass is 392 g/mol. The Hall–Kier alpha value is -2.29. The molecule has 1 heterocycles. The Morgan fingerprint density at radius 1 is 1.19 bits per heavy atom. The fourth-order valence-electron chi connectivity index (χ4n) is 3.00. The maximum absolute atomic E-state index is 13.1. The lowest BCUT2D eigenvalue weighted by Gasteiger charge is -2.32. The Bertz CT molecular complexity index is 945. The third-order valence-electron chi connectivity index (χ3n) is 4.39. The molecule has 144 valence electrons. The van der Waals surface area contributed by atoms with Gasteiger partial charge in [0.05, 0.1) is 17.5 Å². The van der Waals surface area contributed by atoms with E-state index in [4.69, 9.17) is 4.74 Å². The topological polar surface area (TPSA) is 75.7 Å². The molecule has 27 heavy (non-hydrogen) atoms. The number of aryl methyl sites for hydroxylation is 2. The fourth-order valence-corrected chi connectivity index (χ4v) is 4.29. The SMILES string of the molecule is Cc1ccc(S(=O)(=O)NCC2CN(c3ccc(F)cc3)C(=O)CO2)c(C)c1. The van der Waals surface area contributed by atoms with Crippen molar-refractivity contribution < 1.29 is 22.3 Å². The van der Waals surface area contributed by atoms with Crippen LogP contribution in [0.15, 0.2) is 47.4 Å². The second-order valence-corrected chi connectivity index (χ2v) is 8.27. The van der Waals surface area contributed by atoms with Gasteiger partial charge in [-0.05, 0) is 49.7 Å². The number of benzene rings is 2. The van der Waals surface area contributed by atoms with Crippen LogP contribution in [-0.2, 0) is 19.6 Å². The van der Waals surface area contributed by atoms with Gasteiger partial charge in [0.2, 0.25) is 10.0 Å². The van der Waals surface area contributed by atoms with E-state index in [1.165, 1.54) is 29.2 Å². The van der Waals surface area contributed by atoms with E-state index in [0.717, 1.165) is 5.56 Å². The number of amides is 1. The van der Waals surface area contributed by atoms with Gasteiger partial charge in [0.15, 0.2) is 0 Å². The van der Waals surface area contributed by atoms with E-state index >= 15 is 0 Å². The molecule has 0 aliphatic carbocycles. The molecule has 1 fully saturated rings. The minimum Gasteiger partial charge on any atom is -0.365 e. The molecule has 6 nitrogen and oxygen atoms in total. The lowest BCUT2D eigenvalue weighted by atomic mass is 10.2. The minimum atomic E-state index is -3.69. The van der Waals surface area contributed by atoms with Crippen LogP contribution < -0.4 is 9.62 Å². The van der Waals surface area contributed by atoms with Gasteiger partial charge in [-0.25, -0.2) is 17.5 Å². The highest BCUT2D eigenvalue weighted by atomic mass is 32.2. The summed E-state index contributed by atoms with van der Waals surface area (Å²) in [6.45, 7) is 3.69. The van der Waals surface area contributed by atoms with E-state index in [1.807, 2.05) is 6.92 Å². The molecule has 1 N–H and O–H groups in total. The van der Waals surface area contributed by atoms with Crippen LogP contribution >= 0.6 is 0 Å². The number of carbonyl (C=O) groups excluding carboxylic acids is 1. The number of hydrogen-bond donors (Lipinski definition) is 1. The summed E-state index contributed by atoms with van der Waals surface area (Å²) in [4.78, 5) is 13.8. The normalized spacial score (nSPS) is 18.0. The molecule has 2 aromatic rings. The van der Waals surface area contributed by atoms with Crippen molar-refractivity contribution in [2.45, 2.75) is 24.8 Å². The zero-order valence-corrected chi connectivity index (χ0v) is 15.9. The smallest absolute Gasteiger partial charge is 0.253 e. The van der Waals surface area contributed by atoms with E-state index in [-0.39, 0.29) is 30.5 Å². The number of halogens is 1. The summed E-state index contributed by atoms with van der Waals surface area (Å²) in [6.07, 6.45) is -0.506. The van der Waals surface area contributed by atoms with Gasteiger partial charge in [-0.15, -0.1) is 0 Å². The van der Waals surface area contributed by atoms with Gasteiger partial charge < -0.3 is 9.64 Å². The van der Waals surface area contributed by atoms with Crippen LogP contribution in [0.2, 0.25) is 0 Å². The predicted molar refractivity (Wildman–Crippen MR) is 99.6 cm³/mol. The van der Waals surface area contributed by atoms with E-state index in [2.05, 4.69) is 4.72 Å². The fraction of sp³-hybridized carbons (Fsp3) is 0.316. The third kappa shape index (κ3) is 4.52. The first-order valence-electron chi connectivity index (χ1n) is 8.51. The predicted octanol–water partition coefficient (Wildman–Crippen LogP) is 2.15. The first-order chi connectivity index (χ1) is 12.8. The number of ether oxygens (including phenoxy) is 1. The Morgan fingerprint density at radius 2 is 1.89 bits per heavy atom. The number of sulfonamides is 1. The number of rotatable bonds is 5. The van der Waals surface area contributed by atoms with Crippen molar-refractivity contribution in [3.05, 3.63) is 59.4 Å². The summed E-state index contributed by atoms with van der Waals surface area (Å²) in [5.41, 5.74) is 2.19. The number of hydrogen-bond acceptors (Lipinski definition) is 4. The van der Waals surface area contributed by atoms with E-state index in [0.29, 0.717) is 11.3 Å². The molecule has 0 aromatic heterocycles. The zero-order chi connectivity index (χ0) is 19.6. The molecule has 0 spiro atoms. The highest BCUT2D eigenvalue weighted by Gasteiger charge is 2.29. The number of morpholine rings is 1. The van der Waals surface area contributed by atoms with Crippen molar-refractivity contribution in [1.29, 1.82) is 0 Å². The van der Waals surface area contributed by atoms with Crippen LogP contribution in [0.1, 0.15) is 11.1 Å². The van der Waals surface area contributed by atoms with Gasteiger partial charge in [-0.2, -0.15) is 0 Å². The highest BCUT2D eigenvalue weighted by molar-refractivity contribution is 7.89. The van der Waals surface area contributed by atoms with Crippen LogP contribution in [0.5, 0.6) is 0 Å². The molecule has 0 saturated carbocycles. The number of nitrogens with one attached hydrogen (secondary N) is 1. The van der Waals surface area contributed by atoms with E-state index in [9.17, 15) is 17.6 Å². The Balaban J connectivity index is 1.68. The third-order valence-corrected chi connectivity index (χ3v) is 5.97. The molecule has 1 aliphatic heterocycles. The minimum absolute atomic E-state index is 0.0284. The molecule has 3 rings (SSSR count). The molecular weight excluding hydrogens is 371 g/mol. The lowest BCUT2D eigenvalue weighted by molar-refractivity contribution is -0.129. The van der Waals surface area contributed by atoms with Crippen LogP contribution in [0.3, 0.4) is 0 Å². The average Bonchev–Trinajstić information content (AvgIpc) is 2.61. The molecule has 1 unspecified atom stereocenters. The van der Waals surface area contributed by atoms with Crippen molar-refractivity contribution in [1.82, 2.24) is 4.72 Å². The molecule has 1 amide bonds. The Morgan fingerprint density at radius 3 is 2.56 bits per heavy atom. The Kier molecular flexibility index (Phi) is 5.59. The first kappa shape index (κ1) is 19.5. The second kappa shape index (κ2) is 7.75. The molecule has 2 aromatic carbocycles. The standard InChI is InChI=1S/C19H21FN2O4S/c1-13-3-8-18(14(2)9-13)27(24,25)21-10-17-11-22(19(23)12-26-17)16-6-4-15(20)5-7-16/h3-9,17,21H,10-12H2,1-2H3. The largest absolute Gasteiger partial charge is 0.365 e. The second-order valence-electron chi connectivity index (χ2n) is 6.53. The molecule has 1 atom stereocenters. The summed E-state index contributed by atoms with van der Waals surface area (Å²) in [6, 6.07) is 10.7. The van der Waals surface area contributed by atoms with E-state index < -0.39 is 21.9 Å². The summed E-state index contributed by atoms with van der Waals surface area (Å²) in [7, 11) is -3.69. The van der Waals surface area contributed by atoms with Crippen molar-refractivity contribution in [2.24, 2.45) is 0 Å². The van der Waals surface area contributed by atoms with Crippen molar-refractivity contribution >= 4 is 21.6 Å². The molecule has 8 heteroatoms. The van der Waals surface area contributed by atoms with Crippen LogP contribution in [0.25, 0.3) is 0 Å². The van der Waals surface area contributed by atoms with Gasteiger partial charge in [0.1, 0.15) is 12.4 Å². The molecule has 1 saturated heterocycles. The molecule has 1 aliphatic rings. The summed E-state index contributed by atoms with van der Waals surface area (Å²) in [5.74, 6) is -0.646. The van der Waals surface area contributed by atoms with Crippen LogP contribution in [0, 0.1) is 19.7 Å². The highest BCUT2D eigenvalue weighted by Crippen LogP contribution is 2.20. The van der Waals surface area contributed by atoms with Gasteiger partial charge in [-0.3, -0.25) is 4.79 Å². The zero-order valence-electron chi connectivity index (χ0n) is 15.1. The number of carbonyl (C=O) groups is 1. The summed E-state index contributed by atoms with van der Waals surface area (Å²) in [5, 5.41) is 0. The maximum Gasteiger partial charge on any atom is 0.253 e. The van der Waals surface area contributed by atoms with Crippen molar-refractivity contribution in [3.8, 4) is 0 Å². The molecular formula is C19H21FN2O4S. The number of nitrogens with zero attached hydrogens (tertiary/aromatic N) is 1. The number of anilines is 1. The van der Waals surface area contributed by atoms with Gasteiger partial charge in [0.25, 0.3) is 5.91 Å². The van der Waals surface area contributed by atoms with Crippen LogP contribution in [-0.4, -0.2) is 40.1 Å². The maximum atomic E-state index is 13.1. The van der Waals surface area contributed by atoms with Crippen LogP contribution in [0.4, 0.5) is 10.1 Å². The van der Waals surface area contributed by atoms with Gasteiger partial charge >= 0.3 is 0 Å². The van der Waals surface area contributed by atoms with Gasteiger partial charge in [-0.1, -0.05) is 17.7 Å². The first-order valence-corrected chi connectivity index (χ1v) is 9.99. The molecule has 0 radical (unpaired) electrons. The average molecular weight is 392 g/mol. The van der Waals surface area contributed by atoms with Gasteiger partial charge in [0, 0.05) is 12.2 Å². The van der Waals surface area contributed by atoms with Crippen molar-refractivity contribution in [2.75, 3.05) is 24.6 Å². The van der Waals surface area contributed by atoms with E-state index in [1.54, 1.807) is 25.1 Å². The van der Waals surface area contributed by atoms with Crippen molar-refractivity contribution in [3.63, 3.8) is 0 Å². The summed E-state index contributed by atoms with van der Waals surface area (Å²) >= 11 is 0. The lowest BCUT2D eigenvalue weighted by Crippen LogP contribution is -2.50.